The van der Waals surface area contributed by atoms with Gasteiger partial charge in [-0.1, -0.05) is 0 Å². The molecule has 0 unspecified atom stereocenters. The maximum Gasteiger partial charge on any atom is 0.251 e. The van der Waals surface area contributed by atoms with E-state index in [0.29, 0.717) is 17.0 Å². The van der Waals surface area contributed by atoms with Gasteiger partial charge in [0.2, 0.25) is 0 Å². The summed E-state index contributed by atoms with van der Waals surface area (Å²) in [7, 11) is 0. The highest BCUT2D eigenvalue weighted by molar-refractivity contribution is 7.20. The number of nitrogens with one attached hydrogen (secondary N) is 1. The van der Waals surface area contributed by atoms with Crippen LogP contribution in [0.15, 0.2) is 30.3 Å². The van der Waals surface area contributed by atoms with Gasteiger partial charge in [0.1, 0.15) is 28.0 Å². The average Bonchev–Trinajstić information content (AvgIpc) is 3.27. The molecule has 4 N–H and O–H groups in total. The molecule has 0 aliphatic carbocycles. The standard InChI is InChI=1S/C19H15F2N5O2S2/c1-19(2,28)8-5-10(20)15(11(21)6-8)13-7-9(16(22)27)18(29-13)24-14-4-3-12-17(23-14)26-30-25-12/h3-7,28H,1-2H3,(H2,22,27)(H,23,24,26). The van der Waals surface area contributed by atoms with Crippen molar-refractivity contribution in [1.82, 2.24) is 13.7 Å². The fraction of sp³-hybridized carbons (Fsp3) is 0.158. The normalized spacial score (nSPS) is 11.8. The number of nitrogens with two attached hydrogens (primary N) is 1. The van der Waals surface area contributed by atoms with Crippen molar-refractivity contribution in [3.8, 4) is 10.4 Å². The second-order valence-electron chi connectivity index (χ2n) is 7.02. The van der Waals surface area contributed by atoms with E-state index in [-0.39, 0.29) is 26.6 Å². The smallest absolute Gasteiger partial charge is 0.251 e. The minimum Gasteiger partial charge on any atom is -0.386 e. The number of fused-ring (bicyclic) bond motifs is 1. The van der Waals surface area contributed by atoms with Crippen LogP contribution in [0.4, 0.5) is 19.6 Å². The number of primary amides is 1. The van der Waals surface area contributed by atoms with E-state index < -0.39 is 23.1 Å². The number of aliphatic hydroxyl groups is 1. The summed E-state index contributed by atoms with van der Waals surface area (Å²) in [6.45, 7) is 2.86. The summed E-state index contributed by atoms with van der Waals surface area (Å²) >= 11 is 1.98. The summed E-state index contributed by atoms with van der Waals surface area (Å²) in [6.07, 6.45) is 0. The number of benzene rings is 1. The highest BCUT2D eigenvalue weighted by atomic mass is 32.1. The molecule has 0 aliphatic rings. The van der Waals surface area contributed by atoms with Crippen molar-refractivity contribution in [2.75, 3.05) is 5.32 Å². The Hall–Kier alpha value is -3.02. The first-order valence-corrected chi connectivity index (χ1v) is 10.2. The molecule has 0 saturated heterocycles. The maximum atomic E-state index is 14.7. The number of aromatic nitrogens is 3. The van der Waals surface area contributed by atoms with Gasteiger partial charge in [-0.2, -0.15) is 8.75 Å². The number of amides is 1. The van der Waals surface area contributed by atoms with Crippen LogP contribution >= 0.6 is 23.1 Å². The van der Waals surface area contributed by atoms with Crippen LogP contribution in [-0.2, 0) is 5.60 Å². The lowest BCUT2D eigenvalue weighted by atomic mass is 9.96. The lowest BCUT2D eigenvalue weighted by Gasteiger charge is -2.18. The minimum atomic E-state index is -1.41. The molecule has 0 atom stereocenters. The third-order valence-electron chi connectivity index (χ3n) is 4.36. The van der Waals surface area contributed by atoms with E-state index >= 15 is 0 Å². The Balaban J connectivity index is 1.77. The number of pyridine rings is 1. The van der Waals surface area contributed by atoms with E-state index in [9.17, 15) is 18.7 Å². The van der Waals surface area contributed by atoms with Crippen LogP contribution in [0, 0.1) is 11.6 Å². The highest BCUT2D eigenvalue weighted by Gasteiger charge is 2.24. The van der Waals surface area contributed by atoms with Crippen molar-refractivity contribution in [3.05, 3.63) is 53.1 Å². The maximum absolute atomic E-state index is 14.7. The number of carbonyl (C=O) groups is 1. The third kappa shape index (κ3) is 3.74. The topological polar surface area (TPSA) is 114 Å². The number of hydrogen-bond donors (Lipinski definition) is 3. The largest absolute Gasteiger partial charge is 0.386 e. The van der Waals surface area contributed by atoms with Gasteiger partial charge in [0.05, 0.1) is 28.5 Å². The van der Waals surface area contributed by atoms with E-state index in [2.05, 4.69) is 19.0 Å². The summed E-state index contributed by atoms with van der Waals surface area (Å²) < 4.78 is 37.6. The average molecular weight is 447 g/mol. The van der Waals surface area contributed by atoms with Gasteiger partial charge in [-0.25, -0.2) is 13.8 Å². The number of thiophene rings is 1. The lowest BCUT2D eigenvalue weighted by molar-refractivity contribution is 0.0778. The second-order valence-corrected chi connectivity index (χ2v) is 8.60. The van der Waals surface area contributed by atoms with Gasteiger partial charge in [-0.15, -0.1) is 11.3 Å². The Morgan fingerprint density at radius 2 is 1.87 bits per heavy atom. The molecule has 4 rings (SSSR count). The lowest BCUT2D eigenvalue weighted by Crippen LogP contribution is -2.16. The molecular formula is C19H15F2N5O2S2. The second kappa shape index (κ2) is 7.35. The van der Waals surface area contributed by atoms with Gasteiger partial charge in [-0.3, -0.25) is 4.79 Å². The molecule has 0 fully saturated rings. The highest BCUT2D eigenvalue weighted by Crippen LogP contribution is 2.40. The molecule has 154 valence electrons. The van der Waals surface area contributed by atoms with Crippen molar-refractivity contribution in [1.29, 1.82) is 0 Å². The molecule has 0 aliphatic heterocycles. The van der Waals surface area contributed by atoms with Crippen molar-refractivity contribution >= 4 is 51.0 Å². The fourth-order valence-electron chi connectivity index (χ4n) is 2.82. The Labute approximate surface area is 177 Å². The van der Waals surface area contributed by atoms with Crippen LogP contribution in [-0.4, -0.2) is 24.7 Å². The van der Waals surface area contributed by atoms with E-state index in [0.717, 1.165) is 35.2 Å². The Morgan fingerprint density at radius 3 is 2.50 bits per heavy atom. The zero-order valence-corrected chi connectivity index (χ0v) is 17.4. The molecular weight excluding hydrogens is 432 g/mol. The Morgan fingerprint density at radius 1 is 1.17 bits per heavy atom. The van der Waals surface area contributed by atoms with Crippen molar-refractivity contribution in [2.24, 2.45) is 5.73 Å². The monoisotopic (exact) mass is 447 g/mol. The zero-order chi connectivity index (χ0) is 21.6. The van der Waals surface area contributed by atoms with Crippen LogP contribution in [0.1, 0.15) is 29.8 Å². The number of anilines is 2. The first-order chi connectivity index (χ1) is 14.1. The number of carbonyl (C=O) groups excluding carboxylic acids is 1. The summed E-state index contributed by atoms with van der Waals surface area (Å²) in [5.41, 5.74) is 4.97. The zero-order valence-electron chi connectivity index (χ0n) is 15.7. The molecule has 11 heteroatoms. The number of rotatable bonds is 5. The molecule has 30 heavy (non-hydrogen) atoms. The number of nitrogens with zero attached hydrogens (tertiary/aromatic N) is 3. The van der Waals surface area contributed by atoms with Gasteiger partial charge in [0.15, 0.2) is 5.65 Å². The van der Waals surface area contributed by atoms with Crippen LogP contribution in [0.2, 0.25) is 0 Å². The minimum absolute atomic E-state index is 0.0682. The molecule has 7 nitrogen and oxygen atoms in total. The van der Waals surface area contributed by atoms with Gasteiger partial charge >= 0.3 is 0 Å². The van der Waals surface area contributed by atoms with Crippen LogP contribution in [0.5, 0.6) is 0 Å². The Kier molecular flexibility index (Phi) is 4.96. The summed E-state index contributed by atoms with van der Waals surface area (Å²) in [5, 5.41) is 13.3. The predicted octanol–water partition coefficient (Wildman–Crippen LogP) is 4.16. The van der Waals surface area contributed by atoms with Crippen molar-refractivity contribution in [3.63, 3.8) is 0 Å². The van der Waals surface area contributed by atoms with E-state index in [4.69, 9.17) is 5.73 Å². The summed E-state index contributed by atoms with van der Waals surface area (Å²) in [5.74, 6) is -2.09. The SMILES string of the molecule is CC(C)(O)c1cc(F)c(-c2cc(C(N)=O)c(Nc3ccc4nsnc4n3)s2)c(F)c1. The van der Waals surface area contributed by atoms with Crippen LogP contribution in [0.3, 0.4) is 0 Å². The summed E-state index contributed by atoms with van der Waals surface area (Å²) in [6, 6.07) is 6.82. The molecule has 0 saturated carbocycles. The quantitative estimate of drug-likeness (QED) is 0.423. The van der Waals surface area contributed by atoms with Gasteiger partial charge in [0, 0.05) is 4.88 Å². The van der Waals surface area contributed by atoms with Gasteiger partial charge in [0.25, 0.3) is 5.91 Å². The third-order valence-corrected chi connectivity index (χ3v) is 5.96. The molecule has 4 aromatic rings. The summed E-state index contributed by atoms with van der Waals surface area (Å²) in [4.78, 5) is 16.4. The predicted molar refractivity (Wildman–Crippen MR) is 112 cm³/mol. The van der Waals surface area contributed by atoms with Crippen LogP contribution < -0.4 is 11.1 Å². The first-order valence-electron chi connectivity index (χ1n) is 8.65. The molecule has 3 heterocycles. The fourth-order valence-corrected chi connectivity index (χ4v) is 4.42. The van der Waals surface area contributed by atoms with Gasteiger partial charge in [-0.05, 0) is 49.7 Å². The van der Waals surface area contributed by atoms with Crippen LogP contribution in [0.25, 0.3) is 21.6 Å². The van der Waals surface area contributed by atoms with E-state index in [1.54, 1.807) is 12.1 Å². The number of halogens is 2. The molecule has 3 aromatic heterocycles. The molecule has 1 aromatic carbocycles. The first kappa shape index (κ1) is 20.3. The molecule has 0 spiro atoms. The van der Waals surface area contributed by atoms with Gasteiger partial charge < -0.3 is 16.2 Å². The Bertz CT molecular complexity index is 1260. The molecule has 0 bridgehead atoms. The van der Waals surface area contributed by atoms with Crippen molar-refractivity contribution < 1.29 is 18.7 Å². The molecule has 0 radical (unpaired) electrons. The molecule has 1 amide bonds. The van der Waals surface area contributed by atoms with E-state index in [1.165, 1.54) is 19.9 Å². The van der Waals surface area contributed by atoms with Crippen molar-refractivity contribution in [2.45, 2.75) is 19.4 Å². The number of hydrogen-bond acceptors (Lipinski definition) is 8. The van der Waals surface area contributed by atoms with E-state index in [1.807, 2.05) is 0 Å².